The number of nitriles is 1. The fourth-order valence-corrected chi connectivity index (χ4v) is 2.57. The molecule has 0 radical (unpaired) electrons. The van der Waals surface area contributed by atoms with Gasteiger partial charge in [0.25, 0.3) is 0 Å². The Morgan fingerprint density at radius 2 is 1.67 bits per heavy atom. The normalized spacial score (nSPS) is 14.8. The zero-order valence-corrected chi connectivity index (χ0v) is 11.6. The van der Waals surface area contributed by atoms with E-state index in [2.05, 4.69) is 22.3 Å². The van der Waals surface area contributed by atoms with Crippen LogP contribution in [0.1, 0.15) is 5.56 Å². The number of anilines is 1. The van der Waals surface area contributed by atoms with Gasteiger partial charge in [-0.1, -0.05) is 18.2 Å². The van der Waals surface area contributed by atoms with Gasteiger partial charge in [0.15, 0.2) is 0 Å². The summed E-state index contributed by atoms with van der Waals surface area (Å²) in [5, 5.41) is 12.1. The van der Waals surface area contributed by atoms with Gasteiger partial charge in [-0.3, -0.25) is 0 Å². The van der Waals surface area contributed by atoms with Crippen molar-refractivity contribution in [2.24, 2.45) is 0 Å². The van der Waals surface area contributed by atoms with E-state index in [1.165, 1.54) is 17.8 Å². The molecule has 106 valence electrons. The molecule has 0 spiro atoms. The zero-order valence-electron chi connectivity index (χ0n) is 11.6. The maximum Gasteiger partial charge on any atom is 0.141 e. The first-order valence-corrected chi connectivity index (χ1v) is 7.04. The second-order valence-electron chi connectivity index (χ2n) is 5.09. The molecule has 1 aliphatic rings. The molecule has 0 bridgehead atoms. The number of benzene rings is 2. The van der Waals surface area contributed by atoms with Gasteiger partial charge in [0.1, 0.15) is 11.9 Å². The monoisotopic (exact) mass is 281 g/mol. The number of nitrogens with zero attached hydrogens (tertiary/aromatic N) is 2. The summed E-state index contributed by atoms with van der Waals surface area (Å²) in [6, 6.07) is 14.7. The van der Waals surface area contributed by atoms with Crippen LogP contribution in [0.2, 0.25) is 0 Å². The minimum atomic E-state index is -0.471. The average Bonchev–Trinajstić information content (AvgIpc) is 2.56. The molecular weight excluding hydrogens is 265 g/mol. The molecule has 0 amide bonds. The van der Waals surface area contributed by atoms with E-state index in [-0.39, 0.29) is 5.56 Å². The maximum atomic E-state index is 13.7. The number of piperazine rings is 1. The molecular formula is C17H16FN3. The van der Waals surface area contributed by atoms with Crippen molar-refractivity contribution in [1.82, 2.24) is 5.32 Å². The summed E-state index contributed by atoms with van der Waals surface area (Å²) >= 11 is 0. The highest BCUT2D eigenvalue weighted by Gasteiger charge is 2.10. The second kappa shape index (κ2) is 5.94. The van der Waals surface area contributed by atoms with Crippen LogP contribution in [0, 0.1) is 17.1 Å². The van der Waals surface area contributed by atoms with E-state index in [1.807, 2.05) is 18.2 Å². The number of halogens is 1. The molecule has 3 nitrogen and oxygen atoms in total. The van der Waals surface area contributed by atoms with Crippen molar-refractivity contribution in [3.8, 4) is 17.2 Å². The minimum Gasteiger partial charge on any atom is -0.369 e. The molecule has 1 heterocycles. The van der Waals surface area contributed by atoms with Crippen LogP contribution in [0.4, 0.5) is 10.1 Å². The fourth-order valence-electron chi connectivity index (χ4n) is 2.57. The van der Waals surface area contributed by atoms with E-state index >= 15 is 0 Å². The minimum absolute atomic E-state index is 0.0798. The van der Waals surface area contributed by atoms with E-state index in [0.29, 0.717) is 0 Å². The second-order valence-corrected chi connectivity index (χ2v) is 5.09. The Kier molecular flexibility index (Phi) is 3.85. The molecule has 0 saturated carbocycles. The van der Waals surface area contributed by atoms with E-state index in [0.717, 1.165) is 37.3 Å². The number of hydrogen-bond acceptors (Lipinski definition) is 3. The van der Waals surface area contributed by atoms with Crippen LogP contribution in [0.3, 0.4) is 0 Å². The van der Waals surface area contributed by atoms with E-state index in [1.54, 1.807) is 6.07 Å². The van der Waals surface area contributed by atoms with Crippen molar-refractivity contribution in [2.75, 3.05) is 31.1 Å². The first-order chi connectivity index (χ1) is 10.3. The molecule has 4 heteroatoms. The van der Waals surface area contributed by atoms with E-state index in [4.69, 9.17) is 5.26 Å². The van der Waals surface area contributed by atoms with Gasteiger partial charge in [-0.05, 0) is 35.4 Å². The van der Waals surface area contributed by atoms with Gasteiger partial charge < -0.3 is 10.2 Å². The summed E-state index contributed by atoms with van der Waals surface area (Å²) in [4.78, 5) is 2.33. The van der Waals surface area contributed by atoms with Crippen LogP contribution >= 0.6 is 0 Å². The Bertz CT molecular complexity index is 667. The molecule has 0 aliphatic carbocycles. The van der Waals surface area contributed by atoms with Gasteiger partial charge in [0.2, 0.25) is 0 Å². The molecule has 21 heavy (non-hydrogen) atoms. The molecule has 1 N–H and O–H groups in total. The van der Waals surface area contributed by atoms with Crippen LogP contribution in [0.5, 0.6) is 0 Å². The molecule has 0 aromatic heterocycles. The topological polar surface area (TPSA) is 39.1 Å². The highest BCUT2D eigenvalue weighted by atomic mass is 19.1. The Hall–Kier alpha value is -2.38. The predicted octanol–water partition coefficient (Wildman–Crippen LogP) is 2.77. The Labute approximate surface area is 123 Å². The lowest BCUT2D eigenvalue weighted by Crippen LogP contribution is -2.43. The summed E-state index contributed by atoms with van der Waals surface area (Å²) in [6.45, 7) is 4.01. The van der Waals surface area contributed by atoms with Crippen LogP contribution in [-0.2, 0) is 0 Å². The molecule has 2 aromatic carbocycles. The Morgan fingerprint density at radius 3 is 2.29 bits per heavy atom. The quantitative estimate of drug-likeness (QED) is 0.920. The fraction of sp³-hybridized carbons (Fsp3) is 0.235. The van der Waals surface area contributed by atoms with Crippen molar-refractivity contribution in [3.05, 3.63) is 53.8 Å². The standard InChI is InChI=1S/C17H16FN3/c18-17-11-14(1-2-15(17)12-19)13-3-5-16(6-4-13)21-9-7-20-8-10-21/h1-6,11,20H,7-10H2. The third kappa shape index (κ3) is 2.88. The third-order valence-electron chi connectivity index (χ3n) is 3.77. The van der Waals surface area contributed by atoms with Crippen molar-refractivity contribution >= 4 is 5.69 Å². The molecule has 2 aromatic rings. The van der Waals surface area contributed by atoms with Crippen molar-refractivity contribution in [3.63, 3.8) is 0 Å². The average molecular weight is 281 g/mol. The van der Waals surface area contributed by atoms with Gasteiger partial charge >= 0.3 is 0 Å². The van der Waals surface area contributed by atoms with Crippen LogP contribution < -0.4 is 10.2 Å². The van der Waals surface area contributed by atoms with Crippen LogP contribution in [0.15, 0.2) is 42.5 Å². The number of hydrogen-bond donors (Lipinski definition) is 1. The summed E-state index contributed by atoms with van der Waals surface area (Å²) in [6.07, 6.45) is 0. The van der Waals surface area contributed by atoms with Crippen molar-refractivity contribution in [2.45, 2.75) is 0 Å². The zero-order chi connectivity index (χ0) is 14.7. The van der Waals surface area contributed by atoms with Gasteiger partial charge in [0.05, 0.1) is 5.56 Å². The molecule has 1 fully saturated rings. The van der Waals surface area contributed by atoms with Crippen LogP contribution in [0.25, 0.3) is 11.1 Å². The molecule has 0 atom stereocenters. The van der Waals surface area contributed by atoms with Crippen molar-refractivity contribution in [1.29, 1.82) is 5.26 Å². The largest absolute Gasteiger partial charge is 0.369 e. The highest BCUT2D eigenvalue weighted by molar-refractivity contribution is 5.67. The molecule has 1 aliphatic heterocycles. The predicted molar refractivity (Wildman–Crippen MR) is 81.6 cm³/mol. The van der Waals surface area contributed by atoms with Gasteiger partial charge in [-0.25, -0.2) is 4.39 Å². The first kappa shape index (κ1) is 13.6. The summed E-state index contributed by atoms with van der Waals surface area (Å²) < 4.78 is 13.7. The SMILES string of the molecule is N#Cc1ccc(-c2ccc(N3CCNCC3)cc2)cc1F. The smallest absolute Gasteiger partial charge is 0.141 e. The Morgan fingerprint density at radius 1 is 1.00 bits per heavy atom. The molecule has 3 rings (SSSR count). The summed E-state index contributed by atoms with van der Waals surface area (Å²) in [5.74, 6) is -0.471. The highest BCUT2D eigenvalue weighted by Crippen LogP contribution is 2.25. The van der Waals surface area contributed by atoms with Gasteiger partial charge in [-0.15, -0.1) is 0 Å². The maximum absolute atomic E-state index is 13.7. The van der Waals surface area contributed by atoms with Gasteiger partial charge in [-0.2, -0.15) is 5.26 Å². The van der Waals surface area contributed by atoms with Gasteiger partial charge in [0, 0.05) is 31.9 Å². The first-order valence-electron chi connectivity index (χ1n) is 7.04. The third-order valence-corrected chi connectivity index (χ3v) is 3.77. The van der Waals surface area contributed by atoms with Crippen LogP contribution in [-0.4, -0.2) is 26.2 Å². The lowest BCUT2D eigenvalue weighted by Gasteiger charge is -2.29. The van der Waals surface area contributed by atoms with Crippen molar-refractivity contribution < 1.29 is 4.39 Å². The Balaban J connectivity index is 1.83. The number of nitrogens with one attached hydrogen (secondary N) is 1. The number of rotatable bonds is 2. The lowest BCUT2D eigenvalue weighted by atomic mass is 10.0. The lowest BCUT2D eigenvalue weighted by molar-refractivity contribution is 0.589. The van der Waals surface area contributed by atoms with E-state index in [9.17, 15) is 4.39 Å². The summed E-state index contributed by atoms with van der Waals surface area (Å²) in [7, 11) is 0. The molecule has 0 unspecified atom stereocenters. The molecule has 1 saturated heterocycles. The summed E-state index contributed by atoms with van der Waals surface area (Å²) in [5.41, 5.74) is 3.01. The van der Waals surface area contributed by atoms with E-state index < -0.39 is 5.82 Å².